The second-order valence-corrected chi connectivity index (χ2v) is 17.5. The van der Waals surface area contributed by atoms with E-state index in [0.717, 1.165) is 35.5 Å². The third-order valence-electron chi connectivity index (χ3n) is 11.9. The lowest BCUT2D eigenvalue weighted by Gasteiger charge is -2.11. The largest absolute Gasteiger partial charge is 0.494 e. The Bertz CT molecular complexity index is 2130. The number of carbonyl (C=O) groups excluding carboxylic acids is 2. The van der Waals surface area contributed by atoms with Crippen molar-refractivity contribution in [1.82, 2.24) is 5.16 Å². The topological polar surface area (TPSA) is 116 Å². The van der Waals surface area contributed by atoms with E-state index in [4.69, 9.17) is 32.9 Å². The highest BCUT2D eigenvalue weighted by atomic mass is 16.6. The van der Waals surface area contributed by atoms with Crippen molar-refractivity contribution in [2.24, 2.45) is 0 Å². The first-order chi connectivity index (χ1) is 33.9. The maximum atomic E-state index is 13.0. The summed E-state index contributed by atoms with van der Waals surface area (Å²) in [5, 5.41) is 4.17. The molecule has 0 atom stereocenters. The summed E-state index contributed by atoms with van der Waals surface area (Å²) in [7, 11) is 3.06. The lowest BCUT2D eigenvalue weighted by Crippen LogP contribution is -2.09. The van der Waals surface area contributed by atoms with Gasteiger partial charge in [-0.05, 0) is 109 Å². The fourth-order valence-corrected chi connectivity index (χ4v) is 7.82. The molecule has 10 heteroatoms. The molecule has 0 aliphatic heterocycles. The van der Waals surface area contributed by atoms with Crippen LogP contribution < -0.4 is 28.4 Å². The van der Waals surface area contributed by atoms with Gasteiger partial charge in [-0.15, -0.1) is 0 Å². The van der Waals surface area contributed by atoms with Crippen molar-refractivity contribution in [2.75, 3.05) is 27.4 Å². The van der Waals surface area contributed by atoms with Crippen LogP contribution in [0.1, 0.15) is 186 Å². The Morgan fingerprint density at radius 1 is 0.449 bits per heavy atom. The van der Waals surface area contributed by atoms with Crippen LogP contribution in [0.15, 0.2) is 95.5 Å². The minimum absolute atomic E-state index is 0.307. The molecule has 10 nitrogen and oxygen atoms in total. The minimum atomic E-state index is -0.491. The first-order valence-electron chi connectivity index (χ1n) is 25.5. The first kappa shape index (κ1) is 53.7. The molecule has 0 amide bonds. The fraction of sp³-hybridized carbons (Fsp3) is 0.441. The van der Waals surface area contributed by atoms with Crippen LogP contribution in [0.5, 0.6) is 34.5 Å². The van der Waals surface area contributed by atoms with E-state index in [1.54, 1.807) is 84.9 Å². The zero-order valence-electron chi connectivity index (χ0n) is 41.6. The maximum Gasteiger partial charge on any atom is 0.343 e. The van der Waals surface area contributed by atoms with E-state index in [-0.39, 0.29) is 0 Å². The molecule has 5 rings (SSSR count). The normalized spacial score (nSPS) is 11.3. The molecule has 0 unspecified atom stereocenters. The third kappa shape index (κ3) is 20.1. The molecule has 0 radical (unpaired) electrons. The van der Waals surface area contributed by atoms with Crippen LogP contribution in [-0.2, 0) is 0 Å². The van der Waals surface area contributed by atoms with Crippen LogP contribution in [-0.4, -0.2) is 44.5 Å². The quantitative estimate of drug-likeness (QED) is 0.0224. The predicted molar refractivity (Wildman–Crippen MR) is 278 cm³/mol. The summed E-state index contributed by atoms with van der Waals surface area (Å²) in [6.07, 6.45) is 32.9. The fourth-order valence-electron chi connectivity index (χ4n) is 7.82. The van der Waals surface area contributed by atoms with Gasteiger partial charge in [0.25, 0.3) is 0 Å². The second kappa shape index (κ2) is 31.7. The van der Waals surface area contributed by atoms with Crippen molar-refractivity contribution < 1.29 is 42.5 Å². The highest BCUT2D eigenvalue weighted by Gasteiger charge is 2.15. The summed E-state index contributed by atoms with van der Waals surface area (Å²) in [6.45, 7) is 5.83. The number of carbonyl (C=O) groups is 2. The van der Waals surface area contributed by atoms with Gasteiger partial charge in [-0.2, -0.15) is 0 Å². The van der Waals surface area contributed by atoms with Crippen molar-refractivity contribution in [2.45, 2.75) is 142 Å². The van der Waals surface area contributed by atoms with Gasteiger partial charge in [0.2, 0.25) is 0 Å². The van der Waals surface area contributed by atoms with Gasteiger partial charge in [-0.25, -0.2) is 9.59 Å². The van der Waals surface area contributed by atoms with Gasteiger partial charge in [0.05, 0.1) is 38.6 Å². The molecule has 0 N–H and O–H groups in total. The van der Waals surface area contributed by atoms with Gasteiger partial charge < -0.3 is 32.9 Å². The van der Waals surface area contributed by atoms with Crippen molar-refractivity contribution in [3.05, 3.63) is 125 Å². The van der Waals surface area contributed by atoms with E-state index in [1.807, 2.05) is 30.4 Å². The van der Waals surface area contributed by atoms with Crippen molar-refractivity contribution in [3.63, 3.8) is 0 Å². The monoisotopic (exact) mass is 942 g/mol. The molecule has 370 valence electrons. The molecule has 1 heterocycles. The Morgan fingerprint density at radius 3 is 1.25 bits per heavy atom. The summed E-state index contributed by atoms with van der Waals surface area (Å²) in [4.78, 5) is 26.0. The van der Waals surface area contributed by atoms with E-state index in [9.17, 15) is 9.59 Å². The SMILES string of the molecule is CCCCCCCCCCCCOc1ccc(C(=O)Oc2ccc(/C=C\c3cc(/C=C/c4ccc(OC(=O)c5ccc(OCCCCCCCCCCCC)cc5)c(OC)c4)on3)cc2OC)cc1. The average molecular weight is 942 g/mol. The van der Waals surface area contributed by atoms with Gasteiger partial charge >= 0.3 is 11.9 Å². The first-order valence-corrected chi connectivity index (χ1v) is 25.5. The van der Waals surface area contributed by atoms with E-state index < -0.39 is 11.9 Å². The minimum Gasteiger partial charge on any atom is -0.494 e. The van der Waals surface area contributed by atoms with Gasteiger partial charge in [0, 0.05) is 6.07 Å². The van der Waals surface area contributed by atoms with Crippen molar-refractivity contribution in [1.29, 1.82) is 0 Å². The second-order valence-electron chi connectivity index (χ2n) is 17.5. The van der Waals surface area contributed by atoms with Gasteiger partial charge in [-0.3, -0.25) is 0 Å². The van der Waals surface area contributed by atoms with Crippen LogP contribution in [0.25, 0.3) is 24.3 Å². The van der Waals surface area contributed by atoms with Crippen LogP contribution in [0.3, 0.4) is 0 Å². The third-order valence-corrected chi connectivity index (χ3v) is 11.9. The Balaban J connectivity index is 1.02. The highest BCUT2D eigenvalue weighted by molar-refractivity contribution is 5.92. The Labute approximate surface area is 411 Å². The maximum absolute atomic E-state index is 13.0. The number of unbranched alkanes of at least 4 members (excludes halogenated alkanes) is 18. The molecular formula is C59H75NO9. The van der Waals surface area contributed by atoms with E-state index in [0.29, 0.717) is 58.8 Å². The number of nitrogens with zero attached hydrogens (tertiary/aromatic N) is 1. The molecule has 5 aromatic rings. The lowest BCUT2D eigenvalue weighted by atomic mass is 10.1. The lowest BCUT2D eigenvalue weighted by molar-refractivity contribution is 0.0720. The molecule has 4 aromatic carbocycles. The summed E-state index contributed by atoms with van der Waals surface area (Å²) in [6, 6.07) is 26.5. The average Bonchev–Trinajstić information content (AvgIpc) is 3.84. The Morgan fingerprint density at radius 2 is 0.841 bits per heavy atom. The van der Waals surface area contributed by atoms with E-state index in [2.05, 4.69) is 19.0 Å². The van der Waals surface area contributed by atoms with Crippen molar-refractivity contribution >= 4 is 36.2 Å². The molecule has 1 aromatic heterocycles. The molecular weight excluding hydrogens is 867 g/mol. The van der Waals surface area contributed by atoms with Crippen LogP contribution in [0, 0.1) is 0 Å². The molecule has 0 aliphatic carbocycles. The van der Waals surface area contributed by atoms with Crippen molar-refractivity contribution in [3.8, 4) is 34.5 Å². The van der Waals surface area contributed by atoms with E-state index in [1.165, 1.54) is 130 Å². The van der Waals surface area contributed by atoms with Crippen LogP contribution in [0.4, 0.5) is 0 Å². The standard InChI is InChI=1S/C59H75NO9/c1-5-7-9-11-13-15-17-19-21-23-41-65-51-35-29-48(30-36-51)58(61)67-54-39-27-46(43-56(54)63-3)25-33-50-45-53(69-60-50)34-26-47-28-40-55(57(44-47)64-4)68-59(62)49-31-37-52(38-32-49)66-42-24-22-20-18-16-14-12-10-8-6-2/h25-40,43-45H,5-24,41-42H2,1-4H3/b33-25-,34-26+. The Kier molecular flexibility index (Phi) is 24.7. The number of rotatable bonds is 34. The molecule has 0 spiro atoms. The van der Waals surface area contributed by atoms with Gasteiger partial charge in [0.15, 0.2) is 28.8 Å². The number of hydrogen-bond donors (Lipinski definition) is 0. The smallest absolute Gasteiger partial charge is 0.343 e. The summed E-state index contributed by atoms with van der Waals surface area (Å²) in [5.41, 5.74) is 3.05. The van der Waals surface area contributed by atoms with E-state index >= 15 is 0 Å². The molecule has 0 saturated heterocycles. The zero-order chi connectivity index (χ0) is 48.7. The number of benzene rings is 4. The molecule has 0 bridgehead atoms. The summed E-state index contributed by atoms with van der Waals surface area (Å²) < 4.78 is 39.9. The summed E-state index contributed by atoms with van der Waals surface area (Å²) in [5.74, 6) is 2.46. The Hall–Kier alpha value is -6.29. The number of hydrogen-bond acceptors (Lipinski definition) is 10. The van der Waals surface area contributed by atoms with Gasteiger partial charge in [-0.1, -0.05) is 159 Å². The molecule has 0 aliphatic rings. The van der Waals surface area contributed by atoms with Crippen LogP contribution in [0.2, 0.25) is 0 Å². The van der Waals surface area contributed by atoms with Gasteiger partial charge in [0.1, 0.15) is 17.2 Å². The molecule has 0 fully saturated rings. The molecule has 69 heavy (non-hydrogen) atoms. The predicted octanol–water partition coefficient (Wildman–Crippen LogP) is 16.1. The highest BCUT2D eigenvalue weighted by Crippen LogP contribution is 2.32. The number of aromatic nitrogens is 1. The van der Waals surface area contributed by atoms with Crippen LogP contribution >= 0.6 is 0 Å². The zero-order valence-corrected chi connectivity index (χ0v) is 41.6. The number of esters is 2. The molecule has 0 saturated carbocycles. The number of methoxy groups -OCH3 is 2. The summed E-state index contributed by atoms with van der Waals surface area (Å²) >= 11 is 0. The number of ether oxygens (including phenoxy) is 6.